The molecule has 0 amide bonds. The summed E-state index contributed by atoms with van der Waals surface area (Å²) in [6.45, 7) is 5.10. The van der Waals surface area contributed by atoms with E-state index in [-0.39, 0.29) is 6.04 Å². The van der Waals surface area contributed by atoms with E-state index in [1.807, 2.05) is 12.1 Å². The van der Waals surface area contributed by atoms with Gasteiger partial charge in [-0.3, -0.25) is 4.68 Å². The Morgan fingerprint density at radius 3 is 2.85 bits per heavy atom. The van der Waals surface area contributed by atoms with Crippen molar-refractivity contribution in [3.05, 3.63) is 40.0 Å². The molecular weight excluding hydrogens is 318 g/mol. The Morgan fingerprint density at radius 1 is 1.45 bits per heavy atom. The summed E-state index contributed by atoms with van der Waals surface area (Å²) in [7, 11) is 0. The van der Waals surface area contributed by atoms with E-state index in [1.54, 1.807) is 6.26 Å². The molecular formula is C15H22BrN3O. The number of aryl methyl sites for hydroxylation is 3. The highest BCUT2D eigenvalue weighted by atomic mass is 79.9. The van der Waals surface area contributed by atoms with Gasteiger partial charge < -0.3 is 10.2 Å². The van der Waals surface area contributed by atoms with E-state index in [9.17, 15) is 0 Å². The lowest BCUT2D eigenvalue weighted by molar-refractivity contribution is 0.478. The summed E-state index contributed by atoms with van der Waals surface area (Å²) in [6.07, 6.45) is 5.27. The van der Waals surface area contributed by atoms with Gasteiger partial charge in [0, 0.05) is 25.4 Å². The summed E-state index contributed by atoms with van der Waals surface area (Å²) in [5.41, 5.74) is 8.58. The van der Waals surface area contributed by atoms with Crippen LogP contribution >= 0.6 is 15.9 Å². The van der Waals surface area contributed by atoms with Gasteiger partial charge in [0.1, 0.15) is 5.76 Å². The average Bonchev–Trinajstić information content (AvgIpc) is 3.06. The predicted molar refractivity (Wildman–Crippen MR) is 83.7 cm³/mol. The quantitative estimate of drug-likeness (QED) is 0.841. The minimum atomic E-state index is 0.114. The van der Waals surface area contributed by atoms with Crippen molar-refractivity contribution in [2.75, 3.05) is 0 Å². The van der Waals surface area contributed by atoms with Crippen LogP contribution in [0.15, 0.2) is 27.3 Å². The fourth-order valence-corrected chi connectivity index (χ4v) is 3.07. The molecule has 2 N–H and O–H groups in total. The van der Waals surface area contributed by atoms with Gasteiger partial charge >= 0.3 is 0 Å². The van der Waals surface area contributed by atoms with Crippen LogP contribution in [0.4, 0.5) is 0 Å². The number of furan rings is 1. The molecule has 2 heterocycles. The molecule has 0 radical (unpaired) electrons. The third-order valence-electron chi connectivity index (χ3n) is 3.49. The fraction of sp³-hybridized carbons (Fsp3) is 0.533. The van der Waals surface area contributed by atoms with Crippen LogP contribution in [0.2, 0.25) is 0 Å². The van der Waals surface area contributed by atoms with Crippen molar-refractivity contribution in [1.82, 2.24) is 9.78 Å². The van der Waals surface area contributed by atoms with Crippen LogP contribution in [-0.4, -0.2) is 15.8 Å². The minimum absolute atomic E-state index is 0.114. The van der Waals surface area contributed by atoms with Gasteiger partial charge in [-0.2, -0.15) is 5.10 Å². The Kier molecular flexibility index (Phi) is 5.43. The van der Waals surface area contributed by atoms with E-state index >= 15 is 0 Å². The van der Waals surface area contributed by atoms with Crippen molar-refractivity contribution < 1.29 is 4.42 Å². The summed E-state index contributed by atoms with van der Waals surface area (Å²) in [4.78, 5) is 0. The molecule has 0 aliphatic heterocycles. The molecule has 20 heavy (non-hydrogen) atoms. The lowest BCUT2D eigenvalue weighted by Crippen LogP contribution is -2.25. The van der Waals surface area contributed by atoms with Crippen LogP contribution in [-0.2, 0) is 25.8 Å². The van der Waals surface area contributed by atoms with Crippen LogP contribution in [0.5, 0.6) is 0 Å². The van der Waals surface area contributed by atoms with Gasteiger partial charge in [0.25, 0.3) is 0 Å². The number of nitrogens with two attached hydrogens (primary N) is 1. The fourth-order valence-electron chi connectivity index (χ4n) is 2.35. The molecule has 2 aromatic rings. The maximum atomic E-state index is 6.26. The number of aromatic nitrogens is 2. The zero-order valence-electron chi connectivity index (χ0n) is 12.1. The summed E-state index contributed by atoms with van der Waals surface area (Å²) in [5, 5.41) is 4.61. The Balaban J connectivity index is 1.99. The highest BCUT2D eigenvalue weighted by Gasteiger charge is 2.16. The van der Waals surface area contributed by atoms with Crippen molar-refractivity contribution in [2.45, 2.75) is 52.1 Å². The SMILES string of the molecule is CCc1nn(CC)c(CC(N)CCc2ccco2)c1Br. The largest absolute Gasteiger partial charge is 0.469 e. The molecule has 0 aliphatic carbocycles. The molecule has 1 unspecified atom stereocenters. The van der Waals surface area contributed by atoms with Crippen LogP contribution in [0.1, 0.15) is 37.4 Å². The first-order chi connectivity index (χ1) is 9.65. The topological polar surface area (TPSA) is 57.0 Å². The normalized spacial score (nSPS) is 12.8. The van der Waals surface area contributed by atoms with Gasteiger partial charge in [0.05, 0.1) is 22.1 Å². The molecule has 0 aliphatic rings. The Hall–Kier alpha value is -1.07. The second kappa shape index (κ2) is 7.09. The Morgan fingerprint density at radius 2 is 2.25 bits per heavy atom. The van der Waals surface area contributed by atoms with Gasteiger partial charge in [-0.05, 0) is 47.8 Å². The first kappa shape index (κ1) is 15.3. The molecule has 1 atom stereocenters. The molecule has 0 spiro atoms. The maximum absolute atomic E-state index is 6.26. The van der Waals surface area contributed by atoms with Crippen molar-refractivity contribution in [1.29, 1.82) is 0 Å². The molecule has 0 fully saturated rings. The molecule has 2 rings (SSSR count). The zero-order chi connectivity index (χ0) is 14.5. The number of nitrogens with zero attached hydrogens (tertiary/aromatic N) is 2. The zero-order valence-corrected chi connectivity index (χ0v) is 13.7. The highest BCUT2D eigenvalue weighted by molar-refractivity contribution is 9.10. The van der Waals surface area contributed by atoms with Crippen molar-refractivity contribution in [3.63, 3.8) is 0 Å². The molecule has 0 saturated carbocycles. The van der Waals surface area contributed by atoms with Crippen LogP contribution in [0.25, 0.3) is 0 Å². The third kappa shape index (κ3) is 3.52. The van der Waals surface area contributed by atoms with Crippen molar-refractivity contribution >= 4 is 15.9 Å². The van der Waals surface area contributed by atoms with Crippen LogP contribution in [0, 0.1) is 0 Å². The van der Waals surface area contributed by atoms with Gasteiger partial charge in [-0.25, -0.2) is 0 Å². The molecule has 4 nitrogen and oxygen atoms in total. The van der Waals surface area contributed by atoms with Gasteiger partial charge in [-0.1, -0.05) is 6.92 Å². The van der Waals surface area contributed by atoms with E-state index < -0.39 is 0 Å². The smallest absolute Gasteiger partial charge is 0.103 e. The maximum Gasteiger partial charge on any atom is 0.103 e. The molecule has 5 heteroatoms. The summed E-state index contributed by atoms with van der Waals surface area (Å²) in [5.74, 6) is 0.998. The molecule has 110 valence electrons. The van der Waals surface area contributed by atoms with E-state index in [0.29, 0.717) is 0 Å². The number of hydrogen-bond donors (Lipinski definition) is 1. The lowest BCUT2D eigenvalue weighted by atomic mass is 10.1. The lowest BCUT2D eigenvalue weighted by Gasteiger charge is -2.12. The third-order valence-corrected chi connectivity index (χ3v) is 4.41. The molecule has 0 aromatic carbocycles. The Labute approximate surface area is 128 Å². The monoisotopic (exact) mass is 339 g/mol. The Bertz CT molecular complexity index is 534. The molecule has 0 bridgehead atoms. The predicted octanol–water partition coefficient (Wildman–Crippen LogP) is 3.32. The summed E-state index contributed by atoms with van der Waals surface area (Å²) in [6, 6.07) is 4.02. The van der Waals surface area contributed by atoms with E-state index in [1.165, 1.54) is 5.69 Å². The van der Waals surface area contributed by atoms with Gasteiger partial charge in [0.15, 0.2) is 0 Å². The summed E-state index contributed by atoms with van der Waals surface area (Å²) < 4.78 is 8.51. The number of halogens is 1. The average molecular weight is 340 g/mol. The van der Waals surface area contributed by atoms with Crippen LogP contribution in [0.3, 0.4) is 0 Å². The van der Waals surface area contributed by atoms with E-state index in [2.05, 4.69) is 39.6 Å². The van der Waals surface area contributed by atoms with Crippen molar-refractivity contribution in [2.24, 2.45) is 5.73 Å². The first-order valence-electron chi connectivity index (χ1n) is 7.17. The standard InChI is InChI=1S/C15H22BrN3O/c1-3-13-15(16)14(19(4-2)18-13)10-11(17)7-8-12-6-5-9-20-12/h5-6,9,11H,3-4,7-8,10,17H2,1-2H3. The van der Waals surface area contributed by atoms with E-state index in [0.717, 1.165) is 48.2 Å². The molecule has 0 saturated heterocycles. The van der Waals surface area contributed by atoms with E-state index in [4.69, 9.17) is 10.2 Å². The highest BCUT2D eigenvalue weighted by Crippen LogP contribution is 2.24. The van der Waals surface area contributed by atoms with Gasteiger partial charge in [0.2, 0.25) is 0 Å². The first-order valence-corrected chi connectivity index (χ1v) is 7.97. The number of hydrogen-bond acceptors (Lipinski definition) is 3. The minimum Gasteiger partial charge on any atom is -0.469 e. The second-order valence-corrected chi connectivity index (χ2v) is 5.75. The van der Waals surface area contributed by atoms with Gasteiger partial charge in [-0.15, -0.1) is 0 Å². The van der Waals surface area contributed by atoms with Crippen LogP contribution < -0.4 is 5.73 Å². The summed E-state index contributed by atoms with van der Waals surface area (Å²) >= 11 is 3.66. The molecule has 2 aromatic heterocycles. The van der Waals surface area contributed by atoms with Crippen molar-refractivity contribution in [3.8, 4) is 0 Å². The number of rotatable bonds is 7. The second-order valence-electron chi connectivity index (χ2n) is 4.96.